The van der Waals surface area contributed by atoms with Crippen molar-refractivity contribution < 1.29 is 0 Å². The van der Waals surface area contributed by atoms with Crippen LogP contribution in [0, 0.1) is 0 Å². The third kappa shape index (κ3) is 1.18. The largest absolute Gasteiger partial charge is 0.297 e. The average molecular weight is 145 g/mol. The standard InChI is InChI=1S/C10H11N/c1-11-10-7-9(10)8-5-3-2-4-6-8/h2-6,9-10H,1,7H2/t9-,10+/m1/s1. The van der Waals surface area contributed by atoms with Crippen LogP contribution in [0.25, 0.3) is 0 Å². The van der Waals surface area contributed by atoms with E-state index in [2.05, 4.69) is 36.0 Å². The summed E-state index contributed by atoms with van der Waals surface area (Å²) in [6.07, 6.45) is 1.19. The summed E-state index contributed by atoms with van der Waals surface area (Å²) in [5, 5.41) is 0. The number of aliphatic imine (C=N–C) groups is 1. The van der Waals surface area contributed by atoms with Gasteiger partial charge in [0.2, 0.25) is 0 Å². The maximum atomic E-state index is 4.01. The smallest absolute Gasteiger partial charge is 0.0568 e. The fourth-order valence-electron chi connectivity index (χ4n) is 1.44. The number of hydrogen-bond donors (Lipinski definition) is 0. The van der Waals surface area contributed by atoms with Crippen LogP contribution in [0.5, 0.6) is 0 Å². The van der Waals surface area contributed by atoms with E-state index in [1.807, 2.05) is 6.07 Å². The Morgan fingerprint density at radius 1 is 1.27 bits per heavy atom. The summed E-state index contributed by atoms with van der Waals surface area (Å²) in [6, 6.07) is 11.0. The van der Waals surface area contributed by atoms with Gasteiger partial charge in [0.1, 0.15) is 0 Å². The lowest BCUT2D eigenvalue weighted by Gasteiger charge is -1.94. The molecule has 0 spiro atoms. The van der Waals surface area contributed by atoms with Gasteiger partial charge in [-0.15, -0.1) is 0 Å². The van der Waals surface area contributed by atoms with E-state index in [9.17, 15) is 0 Å². The van der Waals surface area contributed by atoms with Crippen molar-refractivity contribution in [3.8, 4) is 0 Å². The van der Waals surface area contributed by atoms with E-state index in [4.69, 9.17) is 0 Å². The molecule has 0 amide bonds. The topological polar surface area (TPSA) is 12.4 Å². The van der Waals surface area contributed by atoms with Gasteiger partial charge in [0.15, 0.2) is 0 Å². The maximum Gasteiger partial charge on any atom is 0.0568 e. The maximum absolute atomic E-state index is 4.01. The van der Waals surface area contributed by atoms with E-state index in [0.29, 0.717) is 12.0 Å². The molecule has 2 rings (SSSR count). The van der Waals surface area contributed by atoms with Crippen molar-refractivity contribution in [2.24, 2.45) is 4.99 Å². The fraction of sp³-hybridized carbons (Fsp3) is 0.300. The molecule has 1 aliphatic carbocycles. The number of benzene rings is 1. The molecule has 11 heavy (non-hydrogen) atoms. The van der Waals surface area contributed by atoms with Gasteiger partial charge in [0, 0.05) is 5.92 Å². The van der Waals surface area contributed by atoms with Crippen molar-refractivity contribution >= 4 is 6.72 Å². The second kappa shape index (κ2) is 2.50. The normalized spacial score (nSPS) is 28.0. The molecule has 1 aromatic rings. The van der Waals surface area contributed by atoms with Crippen molar-refractivity contribution in [1.29, 1.82) is 0 Å². The number of rotatable bonds is 2. The van der Waals surface area contributed by atoms with Crippen LogP contribution in [0.1, 0.15) is 17.9 Å². The molecule has 1 nitrogen and oxygen atoms in total. The van der Waals surface area contributed by atoms with E-state index in [-0.39, 0.29) is 0 Å². The number of nitrogens with zero attached hydrogens (tertiary/aromatic N) is 1. The van der Waals surface area contributed by atoms with Gasteiger partial charge in [-0.3, -0.25) is 4.99 Å². The van der Waals surface area contributed by atoms with Crippen molar-refractivity contribution in [3.63, 3.8) is 0 Å². The van der Waals surface area contributed by atoms with Gasteiger partial charge in [0.05, 0.1) is 6.04 Å². The first-order chi connectivity index (χ1) is 5.42. The van der Waals surface area contributed by atoms with Crippen molar-refractivity contribution in [2.45, 2.75) is 18.4 Å². The van der Waals surface area contributed by atoms with Crippen LogP contribution < -0.4 is 0 Å². The predicted molar refractivity (Wildman–Crippen MR) is 47.1 cm³/mol. The SMILES string of the molecule is C=N[C@H]1C[C@@H]1c1ccccc1. The van der Waals surface area contributed by atoms with Gasteiger partial charge < -0.3 is 0 Å². The average Bonchev–Trinajstić information content (AvgIpc) is 2.85. The monoisotopic (exact) mass is 145 g/mol. The zero-order valence-corrected chi connectivity index (χ0v) is 6.40. The van der Waals surface area contributed by atoms with Crippen LogP contribution in [-0.2, 0) is 0 Å². The Bertz CT molecular complexity index is 253. The molecule has 0 aliphatic heterocycles. The minimum Gasteiger partial charge on any atom is -0.297 e. The van der Waals surface area contributed by atoms with Crippen molar-refractivity contribution in [2.75, 3.05) is 0 Å². The fourth-order valence-corrected chi connectivity index (χ4v) is 1.44. The van der Waals surface area contributed by atoms with Gasteiger partial charge >= 0.3 is 0 Å². The van der Waals surface area contributed by atoms with E-state index < -0.39 is 0 Å². The molecule has 0 radical (unpaired) electrons. The Morgan fingerprint density at radius 3 is 2.55 bits per heavy atom. The van der Waals surface area contributed by atoms with Crippen LogP contribution in [0.15, 0.2) is 35.3 Å². The lowest BCUT2D eigenvalue weighted by atomic mass is 10.1. The molecule has 0 heterocycles. The third-order valence-electron chi connectivity index (χ3n) is 2.22. The summed E-state index contributed by atoms with van der Waals surface area (Å²) >= 11 is 0. The Morgan fingerprint density at radius 2 is 2.00 bits per heavy atom. The minimum absolute atomic E-state index is 0.498. The highest BCUT2D eigenvalue weighted by molar-refractivity contribution is 5.33. The zero-order chi connectivity index (χ0) is 7.68. The second-order valence-corrected chi connectivity index (χ2v) is 3.00. The highest BCUT2D eigenvalue weighted by Crippen LogP contribution is 2.42. The molecular weight excluding hydrogens is 134 g/mol. The van der Waals surface area contributed by atoms with E-state index >= 15 is 0 Å². The summed E-state index contributed by atoms with van der Waals surface area (Å²) in [5.41, 5.74) is 1.41. The van der Waals surface area contributed by atoms with Crippen molar-refractivity contribution in [1.82, 2.24) is 0 Å². The molecule has 1 saturated carbocycles. The Kier molecular flexibility index (Phi) is 1.50. The third-order valence-corrected chi connectivity index (χ3v) is 2.22. The number of hydrogen-bond acceptors (Lipinski definition) is 1. The lowest BCUT2D eigenvalue weighted by molar-refractivity contribution is 1.000. The van der Waals surface area contributed by atoms with E-state index in [0.717, 1.165) is 0 Å². The van der Waals surface area contributed by atoms with Gasteiger partial charge in [0.25, 0.3) is 0 Å². The Balaban J connectivity index is 2.14. The van der Waals surface area contributed by atoms with Gasteiger partial charge in [-0.1, -0.05) is 30.3 Å². The van der Waals surface area contributed by atoms with Crippen LogP contribution in [0.3, 0.4) is 0 Å². The minimum atomic E-state index is 0.498. The highest BCUT2D eigenvalue weighted by atomic mass is 14.8. The molecule has 56 valence electrons. The van der Waals surface area contributed by atoms with Gasteiger partial charge in [-0.05, 0) is 18.7 Å². The van der Waals surface area contributed by atoms with Gasteiger partial charge in [-0.25, -0.2) is 0 Å². The summed E-state index contributed by atoms with van der Waals surface area (Å²) in [5.74, 6) is 0.661. The molecule has 0 N–H and O–H groups in total. The van der Waals surface area contributed by atoms with Crippen LogP contribution in [0.2, 0.25) is 0 Å². The molecule has 0 saturated heterocycles. The molecule has 0 bridgehead atoms. The summed E-state index contributed by atoms with van der Waals surface area (Å²) in [4.78, 5) is 4.01. The van der Waals surface area contributed by atoms with Crippen LogP contribution in [0.4, 0.5) is 0 Å². The van der Waals surface area contributed by atoms with Crippen molar-refractivity contribution in [3.05, 3.63) is 35.9 Å². The summed E-state index contributed by atoms with van der Waals surface area (Å²) in [6.45, 7) is 3.55. The zero-order valence-electron chi connectivity index (χ0n) is 6.40. The molecular formula is C10H11N. The molecule has 1 heteroatoms. The second-order valence-electron chi connectivity index (χ2n) is 3.00. The van der Waals surface area contributed by atoms with Crippen LogP contribution in [-0.4, -0.2) is 12.8 Å². The molecule has 0 unspecified atom stereocenters. The highest BCUT2D eigenvalue weighted by Gasteiger charge is 2.36. The summed E-state index contributed by atoms with van der Waals surface area (Å²) in [7, 11) is 0. The van der Waals surface area contributed by atoms with Crippen LogP contribution >= 0.6 is 0 Å². The first kappa shape index (κ1) is 6.59. The molecule has 1 fully saturated rings. The first-order valence-corrected chi connectivity index (χ1v) is 3.92. The van der Waals surface area contributed by atoms with E-state index in [1.165, 1.54) is 12.0 Å². The Labute approximate surface area is 66.8 Å². The lowest BCUT2D eigenvalue weighted by Crippen LogP contribution is -1.82. The molecule has 1 aliphatic rings. The van der Waals surface area contributed by atoms with E-state index in [1.54, 1.807) is 0 Å². The molecule has 1 aromatic carbocycles. The predicted octanol–water partition coefficient (Wildman–Crippen LogP) is 2.24. The molecule has 0 aromatic heterocycles. The van der Waals surface area contributed by atoms with Gasteiger partial charge in [-0.2, -0.15) is 0 Å². The quantitative estimate of drug-likeness (QED) is 0.566. The summed E-state index contributed by atoms with van der Waals surface area (Å²) < 4.78 is 0. The first-order valence-electron chi connectivity index (χ1n) is 3.92. The Hall–Kier alpha value is -1.11. The molecule has 2 atom stereocenters.